The van der Waals surface area contributed by atoms with E-state index in [1.165, 1.54) is 0 Å². The Bertz CT molecular complexity index is 207. The van der Waals surface area contributed by atoms with Crippen LogP contribution in [0.15, 0.2) is 0 Å². The number of hydrogen-bond donors (Lipinski definition) is 0. The van der Waals surface area contributed by atoms with Crippen molar-refractivity contribution in [2.24, 2.45) is 0 Å². The second kappa shape index (κ2) is 8.08. The summed E-state index contributed by atoms with van der Waals surface area (Å²) in [6, 6.07) is 0. The fraction of sp³-hybridized carbons (Fsp3) is 0.909. The fourth-order valence-corrected chi connectivity index (χ4v) is 1.73. The summed E-state index contributed by atoms with van der Waals surface area (Å²) in [5.74, 6) is 0. The Morgan fingerprint density at radius 3 is 2.53 bits per heavy atom. The molecule has 0 atom stereocenters. The topological polar surface area (TPSA) is 6.25 Å². The molecule has 0 aromatic carbocycles. The maximum absolute atomic E-state index is 13.7. The van der Waals surface area contributed by atoms with Crippen molar-refractivity contribution in [2.45, 2.75) is 39.5 Å². The summed E-state index contributed by atoms with van der Waals surface area (Å²) >= 11 is 0. The van der Waals surface area contributed by atoms with Gasteiger partial charge in [0.2, 0.25) is 0 Å². The van der Waals surface area contributed by atoms with Gasteiger partial charge in [0.1, 0.15) is 13.1 Å². The number of halogens is 2. The predicted octanol–water partition coefficient (Wildman–Crippen LogP) is -0.756. The smallest absolute Gasteiger partial charge is 0.436 e. The zero-order valence-electron chi connectivity index (χ0n) is 9.81. The van der Waals surface area contributed by atoms with Crippen LogP contribution in [-0.4, -0.2) is 41.7 Å². The normalized spacial score (nSPS) is 15.8. The maximum atomic E-state index is 13.7. The molecule has 1 aliphatic rings. The summed E-state index contributed by atoms with van der Waals surface area (Å²) in [5, 5.41) is 0. The monoisotopic (exact) mass is 280 g/mol. The third kappa shape index (κ3) is 4.49. The highest BCUT2D eigenvalue weighted by molar-refractivity contribution is 5.68. The first-order valence-electron chi connectivity index (χ1n) is 5.82. The molecule has 1 rings (SSSR count). The quantitative estimate of drug-likeness (QED) is 0.458. The van der Waals surface area contributed by atoms with Gasteiger partial charge >= 0.3 is 6.09 Å². The highest BCUT2D eigenvalue weighted by Gasteiger charge is 2.29. The Kier molecular flexibility index (Phi) is 8.02. The molecule has 0 saturated carbocycles. The average Bonchev–Trinajstić information content (AvgIpc) is 2.54. The van der Waals surface area contributed by atoms with E-state index >= 15 is 0 Å². The fourth-order valence-electron chi connectivity index (χ4n) is 1.73. The lowest BCUT2D eigenvalue weighted by atomic mass is 10.3. The summed E-state index contributed by atoms with van der Waals surface area (Å²) in [4.78, 5) is 1.87. The summed E-state index contributed by atoms with van der Waals surface area (Å²) in [6.45, 7) is 7.78. The molecular weight excluding hydrogens is 259 g/mol. The average molecular weight is 281 g/mol. The highest BCUT2D eigenvalue weighted by Crippen LogP contribution is 2.06. The molecule has 0 unspecified atom stereocenters. The number of hydrogen-bond acceptors (Lipinski definition) is 1. The molecule has 0 saturated heterocycles. The van der Waals surface area contributed by atoms with Crippen LogP contribution in [0, 0.1) is 0 Å². The molecular formula is C11H22BrFN2. The third-order valence-electron chi connectivity index (χ3n) is 2.72. The molecule has 0 amide bonds. The predicted molar refractivity (Wildman–Crippen MR) is 57.5 cm³/mol. The van der Waals surface area contributed by atoms with E-state index in [0.29, 0.717) is 0 Å². The Labute approximate surface area is 103 Å². The van der Waals surface area contributed by atoms with E-state index in [1.54, 1.807) is 0 Å². The molecule has 0 fully saturated rings. The summed E-state index contributed by atoms with van der Waals surface area (Å²) in [7, 11) is 0. The minimum atomic E-state index is 0. The lowest BCUT2D eigenvalue weighted by molar-refractivity contribution is -0.523. The first-order valence-corrected chi connectivity index (χ1v) is 5.82. The lowest BCUT2D eigenvalue weighted by Crippen LogP contribution is -3.00. The van der Waals surface area contributed by atoms with Crippen molar-refractivity contribution >= 4 is 6.09 Å². The van der Waals surface area contributed by atoms with Gasteiger partial charge in [-0.05, 0) is 12.8 Å². The van der Waals surface area contributed by atoms with Gasteiger partial charge in [-0.1, -0.05) is 26.7 Å². The molecule has 90 valence electrons. The molecule has 1 heterocycles. The van der Waals surface area contributed by atoms with Gasteiger partial charge in [-0.25, -0.2) is 9.48 Å². The molecule has 0 N–H and O–H groups in total. The van der Waals surface area contributed by atoms with Crippen LogP contribution in [-0.2, 0) is 0 Å². The second-order valence-electron chi connectivity index (χ2n) is 3.95. The zero-order chi connectivity index (χ0) is 10.4. The largest absolute Gasteiger partial charge is 1.00 e. The van der Waals surface area contributed by atoms with Gasteiger partial charge in [0.15, 0.2) is 0 Å². The maximum Gasteiger partial charge on any atom is 0.436 e. The molecule has 0 radical (unpaired) electrons. The van der Waals surface area contributed by atoms with E-state index in [2.05, 4.69) is 13.8 Å². The van der Waals surface area contributed by atoms with Gasteiger partial charge < -0.3 is 17.0 Å². The minimum Gasteiger partial charge on any atom is -1.00 e. The van der Waals surface area contributed by atoms with Gasteiger partial charge in [0, 0.05) is 0 Å². The van der Waals surface area contributed by atoms with Crippen LogP contribution in [0.3, 0.4) is 0 Å². The van der Waals surface area contributed by atoms with Crippen LogP contribution in [0.4, 0.5) is 4.39 Å². The van der Waals surface area contributed by atoms with Crippen molar-refractivity contribution in [2.75, 3.05) is 26.2 Å². The van der Waals surface area contributed by atoms with Gasteiger partial charge in [-0.3, -0.25) is 0 Å². The molecule has 0 bridgehead atoms. The lowest BCUT2D eigenvalue weighted by Gasteiger charge is -2.05. The van der Waals surface area contributed by atoms with Crippen LogP contribution in [0.25, 0.3) is 0 Å². The van der Waals surface area contributed by atoms with Crippen molar-refractivity contribution in [3.8, 4) is 0 Å². The molecule has 0 aliphatic carbocycles. The Balaban J connectivity index is 0.00000196. The third-order valence-corrected chi connectivity index (χ3v) is 2.72. The minimum absolute atomic E-state index is 0. The molecule has 2 nitrogen and oxygen atoms in total. The summed E-state index contributed by atoms with van der Waals surface area (Å²) in [6.07, 6.45) is 4.47. The van der Waals surface area contributed by atoms with Crippen LogP contribution in [0.5, 0.6) is 0 Å². The Morgan fingerprint density at radius 1 is 1.27 bits per heavy atom. The highest BCUT2D eigenvalue weighted by atomic mass is 79.9. The van der Waals surface area contributed by atoms with Crippen LogP contribution in [0.2, 0.25) is 0 Å². The number of nitrogens with zero attached hydrogens (tertiary/aromatic N) is 2. The van der Waals surface area contributed by atoms with Gasteiger partial charge in [0.25, 0.3) is 0 Å². The SMILES string of the molecule is CCCCN1CC[N+](CCCC)=C1F.[Br-]. The van der Waals surface area contributed by atoms with E-state index in [-0.39, 0.29) is 23.1 Å². The van der Waals surface area contributed by atoms with Gasteiger partial charge in [0.05, 0.1) is 13.1 Å². The van der Waals surface area contributed by atoms with Crippen molar-refractivity contribution in [1.29, 1.82) is 0 Å². The zero-order valence-corrected chi connectivity index (χ0v) is 11.4. The van der Waals surface area contributed by atoms with E-state index < -0.39 is 0 Å². The summed E-state index contributed by atoms with van der Waals surface area (Å²) < 4.78 is 15.5. The first kappa shape index (κ1) is 14.9. The molecule has 0 aromatic heterocycles. The van der Waals surface area contributed by atoms with Crippen LogP contribution in [0.1, 0.15) is 39.5 Å². The van der Waals surface area contributed by atoms with Gasteiger partial charge in [-0.2, -0.15) is 0 Å². The van der Waals surface area contributed by atoms with Crippen molar-refractivity contribution in [3.05, 3.63) is 0 Å². The first-order chi connectivity index (χ1) is 6.79. The van der Waals surface area contributed by atoms with E-state index in [4.69, 9.17) is 0 Å². The number of rotatable bonds is 6. The van der Waals surface area contributed by atoms with Crippen LogP contribution >= 0.6 is 0 Å². The van der Waals surface area contributed by atoms with Crippen molar-refractivity contribution in [3.63, 3.8) is 0 Å². The van der Waals surface area contributed by atoms with E-state index in [9.17, 15) is 4.39 Å². The molecule has 0 spiro atoms. The van der Waals surface area contributed by atoms with E-state index in [0.717, 1.165) is 51.9 Å². The number of amidine groups is 1. The van der Waals surface area contributed by atoms with E-state index in [1.807, 2.05) is 9.48 Å². The number of unbranched alkanes of at least 4 members (excludes halogenated alkanes) is 2. The van der Waals surface area contributed by atoms with Crippen molar-refractivity contribution < 1.29 is 25.9 Å². The Hall–Kier alpha value is -0.120. The van der Waals surface area contributed by atoms with Crippen molar-refractivity contribution in [1.82, 2.24) is 4.90 Å². The summed E-state index contributed by atoms with van der Waals surface area (Å²) in [5.41, 5.74) is 0. The second-order valence-corrected chi connectivity index (χ2v) is 3.95. The molecule has 15 heavy (non-hydrogen) atoms. The molecule has 0 aromatic rings. The Morgan fingerprint density at radius 2 is 1.93 bits per heavy atom. The standard InChI is InChI=1S/C11H22FN2.BrH/c1-3-5-7-13-9-10-14(11(13)12)8-6-4-2;/h3-10H2,1-2H3;1H/q+1;/p-1. The molecule has 1 aliphatic heterocycles. The van der Waals surface area contributed by atoms with Crippen LogP contribution < -0.4 is 17.0 Å². The van der Waals surface area contributed by atoms with Gasteiger partial charge in [-0.15, -0.1) is 4.39 Å². The molecule has 4 heteroatoms.